The molecule has 0 aromatic rings. The van der Waals surface area contributed by atoms with E-state index in [-0.39, 0.29) is 5.91 Å². The van der Waals surface area contributed by atoms with Crippen LogP contribution in [0.3, 0.4) is 0 Å². The predicted octanol–water partition coefficient (Wildman–Crippen LogP) is 7.11. The molecule has 0 spiro atoms. The number of likely N-dealkylation sites (tertiary alicyclic amines) is 2. The lowest BCUT2D eigenvalue weighted by atomic mass is 9.93. The van der Waals surface area contributed by atoms with Crippen LogP contribution in [0.1, 0.15) is 53.4 Å². The van der Waals surface area contributed by atoms with E-state index >= 15 is 0 Å². The number of thioether (sulfide) groups is 1. The molecular weight excluding hydrogens is 462 g/mol. The van der Waals surface area contributed by atoms with Crippen molar-refractivity contribution in [3.8, 4) is 0 Å². The molecule has 5 heteroatoms. The van der Waals surface area contributed by atoms with Crippen molar-refractivity contribution in [2.45, 2.75) is 53.4 Å². The maximum atomic E-state index is 12.7. The Morgan fingerprint density at radius 1 is 0.972 bits per heavy atom. The molecule has 0 bridgehead atoms. The zero-order valence-electron chi connectivity index (χ0n) is 22.9. The van der Waals surface area contributed by atoms with E-state index < -0.39 is 0 Å². The topological polar surface area (TPSA) is 35.6 Å². The van der Waals surface area contributed by atoms with Crippen LogP contribution in [0.4, 0.5) is 0 Å². The van der Waals surface area contributed by atoms with E-state index in [0.717, 1.165) is 76.9 Å². The highest BCUT2D eigenvalue weighted by Gasteiger charge is 2.26. The van der Waals surface area contributed by atoms with E-state index in [1.165, 1.54) is 12.8 Å². The minimum absolute atomic E-state index is 0.271. The summed E-state index contributed by atoms with van der Waals surface area (Å²) in [6.07, 6.45) is 14.6. The molecule has 0 aromatic carbocycles. The van der Waals surface area contributed by atoms with Gasteiger partial charge in [-0.25, -0.2) is 0 Å². The van der Waals surface area contributed by atoms with E-state index in [1.54, 1.807) is 17.8 Å². The molecular formula is C31H45N3OS. The van der Waals surface area contributed by atoms with Gasteiger partial charge in [0.15, 0.2) is 0 Å². The second kappa shape index (κ2) is 14.9. The summed E-state index contributed by atoms with van der Waals surface area (Å²) in [7, 11) is 0. The molecule has 0 aliphatic carbocycles. The van der Waals surface area contributed by atoms with Gasteiger partial charge in [-0.2, -0.15) is 0 Å². The molecule has 0 saturated carbocycles. The highest BCUT2D eigenvalue weighted by molar-refractivity contribution is 8.06. The molecule has 2 saturated heterocycles. The number of hydrogen-bond donors (Lipinski definition) is 1. The monoisotopic (exact) mass is 507 g/mol. The molecule has 2 fully saturated rings. The first kappa shape index (κ1) is 29.7. The largest absolute Gasteiger partial charge is 0.363 e. The molecule has 36 heavy (non-hydrogen) atoms. The Kier molecular flexibility index (Phi) is 12.3. The number of hydrogen-bond acceptors (Lipinski definition) is 4. The second-order valence-corrected chi connectivity index (χ2v) is 11.0. The Morgan fingerprint density at radius 2 is 1.61 bits per heavy atom. The fourth-order valence-corrected chi connectivity index (χ4v) is 5.40. The smallest absolute Gasteiger partial charge is 0.236 e. The zero-order chi connectivity index (χ0) is 26.7. The van der Waals surface area contributed by atoms with Crippen LogP contribution < -0.4 is 5.32 Å². The first-order chi connectivity index (χ1) is 17.2. The van der Waals surface area contributed by atoms with Gasteiger partial charge >= 0.3 is 0 Å². The molecule has 196 valence electrons. The molecule has 2 heterocycles. The van der Waals surface area contributed by atoms with Crippen molar-refractivity contribution in [2.24, 2.45) is 5.92 Å². The van der Waals surface area contributed by atoms with Gasteiger partial charge in [-0.3, -0.25) is 9.69 Å². The second-order valence-electron chi connectivity index (χ2n) is 9.65. The number of nitrogens with zero attached hydrogens (tertiary/aromatic N) is 2. The Balaban J connectivity index is 2.02. The van der Waals surface area contributed by atoms with E-state index in [4.69, 9.17) is 0 Å². The molecule has 1 amide bonds. The number of carbonyl (C=O) groups excluding carboxylic acids is 1. The van der Waals surface area contributed by atoms with Gasteiger partial charge in [-0.1, -0.05) is 56.3 Å². The standard InChI is InChI=1S/C31H45N3OS/c1-9-24(6)29(21-27(10-2)30(11-3)36-23(4)5)20-25(7)32-26(8)28-14-18-34(19-15-28)31(35)22-33-16-12-13-17-33/h9-11,20-21,28,32H,1,4,6,8,12-19,22H2,2-3,5,7H3/b25-20+,27-10+,29-21-,30-11-. The summed E-state index contributed by atoms with van der Waals surface area (Å²) in [5, 5.41) is 3.51. The summed E-state index contributed by atoms with van der Waals surface area (Å²) in [6, 6.07) is 0. The minimum atomic E-state index is 0.271. The first-order valence-electron chi connectivity index (χ1n) is 13.0. The number of carbonyl (C=O) groups is 1. The highest BCUT2D eigenvalue weighted by Crippen LogP contribution is 2.32. The van der Waals surface area contributed by atoms with Gasteiger partial charge in [0.05, 0.1) is 6.54 Å². The predicted molar refractivity (Wildman–Crippen MR) is 158 cm³/mol. The number of piperidine rings is 1. The van der Waals surface area contributed by atoms with Crippen molar-refractivity contribution < 1.29 is 4.79 Å². The van der Waals surface area contributed by atoms with Crippen LogP contribution in [0.25, 0.3) is 0 Å². The number of rotatable bonds is 12. The van der Waals surface area contributed by atoms with Crippen LogP contribution in [-0.2, 0) is 4.79 Å². The van der Waals surface area contributed by atoms with Crippen molar-refractivity contribution in [1.82, 2.24) is 15.1 Å². The van der Waals surface area contributed by atoms with Crippen molar-refractivity contribution >= 4 is 17.7 Å². The van der Waals surface area contributed by atoms with E-state index in [0.29, 0.717) is 12.5 Å². The maximum absolute atomic E-state index is 12.7. The van der Waals surface area contributed by atoms with Crippen molar-refractivity contribution in [3.63, 3.8) is 0 Å². The fourth-order valence-electron chi connectivity index (χ4n) is 4.62. The minimum Gasteiger partial charge on any atom is -0.363 e. The molecule has 0 atom stereocenters. The summed E-state index contributed by atoms with van der Waals surface area (Å²) >= 11 is 1.67. The quantitative estimate of drug-likeness (QED) is 0.285. The third kappa shape index (κ3) is 9.18. The Bertz CT molecular complexity index is 968. The number of allylic oxidation sites excluding steroid dienone is 11. The number of nitrogens with one attached hydrogen (secondary N) is 1. The average Bonchev–Trinajstić information content (AvgIpc) is 3.37. The summed E-state index contributed by atoms with van der Waals surface area (Å²) < 4.78 is 0. The molecule has 0 unspecified atom stereocenters. The van der Waals surface area contributed by atoms with Crippen LogP contribution in [0.2, 0.25) is 0 Å². The third-order valence-corrected chi connectivity index (χ3v) is 7.74. The van der Waals surface area contributed by atoms with Gasteiger partial charge in [-0.05, 0) is 100 Å². The van der Waals surface area contributed by atoms with Crippen molar-refractivity contribution in [1.29, 1.82) is 0 Å². The average molecular weight is 508 g/mol. The van der Waals surface area contributed by atoms with E-state index in [1.807, 2.05) is 25.7 Å². The van der Waals surface area contributed by atoms with Gasteiger partial charge in [0, 0.05) is 35.3 Å². The molecule has 2 aliphatic heterocycles. The maximum Gasteiger partial charge on any atom is 0.236 e. The normalized spacial score (nSPS) is 18.8. The van der Waals surface area contributed by atoms with Crippen LogP contribution in [0.15, 0.2) is 94.6 Å². The first-order valence-corrected chi connectivity index (χ1v) is 13.8. The van der Waals surface area contributed by atoms with Crippen molar-refractivity contribution in [2.75, 3.05) is 32.7 Å². The Hall–Kier alpha value is -2.50. The van der Waals surface area contributed by atoms with Gasteiger partial charge in [0.25, 0.3) is 0 Å². The summed E-state index contributed by atoms with van der Waals surface area (Å²) in [5.41, 5.74) is 5.00. The molecule has 0 aromatic heterocycles. The lowest BCUT2D eigenvalue weighted by Gasteiger charge is -2.34. The summed E-state index contributed by atoms with van der Waals surface area (Å²) in [6.45, 7) is 28.9. The van der Waals surface area contributed by atoms with Crippen LogP contribution in [-0.4, -0.2) is 48.4 Å². The van der Waals surface area contributed by atoms with Crippen LogP contribution >= 0.6 is 11.8 Å². The van der Waals surface area contributed by atoms with Crippen LogP contribution in [0, 0.1) is 5.92 Å². The van der Waals surface area contributed by atoms with Gasteiger partial charge in [0.1, 0.15) is 0 Å². The van der Waals surface area contributed by atoms with Gasteiger partial charge < -0.3 is 10.2 Å². The highest BCUT2D eigenvalue weighted by atomic mass is 32.2. The van der Waals surface area contributed by atoms with Crippen molar-refractivity contribution in [3.05, 3.63) is 94.6 Å². The molecule has 1 N–H and O–H groups in total. The third-order valence-electron chi connectivity index (χ3n) is 6.70. The summed E-state index contributed by atoms with van der Waals surface area (Å²) in [4.78, 5) is 19.2. The number of amides is 1. The van der Waals surface area contributed by atoms with Crippen LogP contribution in [0.5, 0.6) is 0 Å². The molecule has 4 nitrogen and oxygen atoms in total. The van der Waals surface area contributed by atoms with E-state index in [9.17, 15) is 4.79 Å². The SMILES string of the molecule is C=CC(=C)C(=C\C(=C/C)C(=C\C)\SC(=C)C)/C=C(\C)NC(=C)C1CCN(C(=O)CN2CCCC2)CC1. The zero-order valence-corrected chi connectivity index (χ0v) is 23.7. The Morgan fingerprint density at radius 3 is 2.14 bits per heavy atom. The van der Waals surface area contributed by atoms with Gasteiger partial charge in [0.2, 0.25) is 5.91 Å². The molecule has 2 rings (SSSR count). The molecule has 2 aliphatic rings. The lowest BCUT2D eigenvalue weighted by Crippen LogP contribution is -2.44. The summed E-state index contributed by atoms with van der Waals surface area (Å²) in [5.74, 6) is 0.625. The Labute approximate surface area is 224 Å². The molecule has 0 radical (unpaired) electrons. The lowest BCUT2D eigenvalue weighted by molar-refractivity contribution is -0.133. The van der Waals surface area contributed by atoms with Gasteiger partial charge in [-0.15, -0.1) is 0 Å². The fraction of sp³-hybridized carbons (Fsp3) is 0.452. The van der Waals surface area contributed by atoms with E-state index in [2.05, 4.69) is 67.8 Å².